The zero-order valence-electron chi connectivity index (χ0n) is 19.5. The van der Waals surface area contributed by atoms with Gasteiger partial charge in [0.05, 0.1) is 12.2 Å². The monoisotopic (exact) mass is 464 g/mol. The van der Waals surface area contributed by atoms with E-state index < -0.39 is 5.97 Å². The van der Waals surface area contributed by atoms with Crippen LogP contribution in [0.4, 0.5) is 5.13 Å². The summed E-state index contributed by atoms with van der Waals surface area (Å²) in [7, 11) is 0. The van der Waals surface area contributed by atoms with Crippen LogP contribution in [0.1, 0.15) is 73.2 Å². The largest absolute Gasteiger partial charge is 0.494 e. The Morgan fingerprint density at radius 3 is 2.36 bits per heavy atom. The molecule has 0 unspecified atom stereocenters. The Labute approximate surface area is 200 Å². The summed E-state index contributed by atoms with van der Waals surface area (Å²) in [6.45, 7) is 5.06. The van der Waals surface area contributed by atoms with Crippen molar-refractivity contribution < 1.29 is 14.3 Å². The number of carbonyl (C=O) groups is 1. The van der Waals surface area contributed by atoms with Crippen molar-refractivity contribution in [2.45, 2.75) is 58.8 Å². The number of rotatable bonds is 13. The number of carbonyl (C=O) groups excluding carboxylic acids is 1. The number of thiazole rings is 1. The number of aliphatic imine (C=N–C) groups is 1. The molecule has 2 aromatic carbocycles. The maximum atomic E-state index is 12.4. The molecule has 1 heterocycles. The van der Waals surface area contributed by atoms with Crippen LogP contribution in [0.15, 0.2) is 59.7 Å². The first-order chi connectivity index (χ1) is 16.2. The number of aromatic nitrogens is 1. The van der Waals surface area contributed by atoms with Crippen molar-refractivity contribution in [1.82, 2.24) is 4.98 Å². The molecule has 0 saturated carbocycles. The van der Waals surface area contributed by atoms with E-state index in [1.165, 1.54) is 24.1 Å². The van der Waals surface area contributed by atoms with Crippen LogP contribution in [-0.4, -0.2) is 23.8 Å². The van der Waals surface area contributed by atoms with Gasteiger partial charge < -0.3 is 9.47 Å². The van der Waals surface area contributed by atoms with Gasteiger partial charge in [0.25, 0.3) is 0 Å². The van der Waals surface area contributed by atoms with Gasteiger partial charge in [0.15, 0.2) is 0 Å². The minimum atomic E-state index is -0.396. The van der Waals surface area contributed by atoms with Crippen LogP contribution in [0.2, 0.25) is 0 Å². The van der Waals surface area contributed by atoms with E-state index in [2.05, 4.69) is 23.8 Å². The van der Waals surface area contributed by atoms with Gasteiger partial charge >= 0.3 is 5.97 Å². The quantitative estimate of drug-likeness (QED) is 0.114. The summed E-state index contributed by atoms with van der Waals surface area (Å²) in [6.07, 6.45) is 11.8. The summed E-state index contributed by atoms with van der Waals surface area (Å²) in [6, 6.07) is 14.3. The number of hydrogen-bond acceptors (Lipinski definition) is 6. The highest BCUT2D eigenvalue weighted by molar-refractivity contribution is 7.15. The predicted octanol–water partition coefficient (Wildman–Crippen LogP) is 7.41. The van der Waals surface area contributed by atoms with Gasteiger partial charge in [-0.2, -0.15) is 0 Å². The fourth-order valence-corrected chi connectivity index (χ4v) is 3.97. The van der Waals surface area contributed by atoms with Gasteiger partial charge in [-0.1, -0.05) is 50.9 Å². The fraction of sp³-hybridized carbons (Fsp3) is 0.370. The summed E-state index contributed by atoms with van der Waals surface area (Å²) < 4.78 is 11.2. The summed E-state index contributed by atoms with van der Waals surface area (Å²) >= 11 is 1.63. The Kier molecular flexibility index (Phi) is 10.1. The van der Waals surface area contributed by atoms with Crippen LogP contribution in [0, 0.1) is 0 Å². The predicted molar refractivity (Wildman–Crippen MR) is 135 cm³/mol. The number of hydrogen-bond donors (Lipinski definition) is 0. The molecule has 3 rings (SSSR count). The third kappa shape index (κ3) is 8.46. The van der Waals surface area contributed by atoms with Gasteiger partial charge in [-0.3, -0.25) is 0 Å². The van der Waals surface area contributed by atoms with Crippen molar-refractivity contribution in [3.63, 3.8) is 0 Å². The van der Waals surface area contributed by atoms with Gasteiger partial charge in [0.2, 0.25) is 5.13 Å². The van der Waals surface area contributed by atoms with E-state index in [0.29, 0.717) is 17.9 Å². The first kappa shape index (κ1) is 24.6. The van der Waals surface area contributed by atoms with E-state index in [4.69, 9.17) is 9.47 Å². The highest BCUT2D eigenvalue weighted by atomic mass is 32.1. The lowest BCUT2D eigenvalue weighted by Gasteiger charge is -2.07. The summed E-state index contributed by atoms with van der Waals surface area (Å²) in [5, 5.41) is 0.759. The van der Waals surface area contributed by atoms with Gasteiger partial charge in [-0.05, 0) is 73.4 Å². The van der Waals surface area contributed by atoms with E-state index in [-0.39, 0.29) is 0 Å². The van der Waals surface area contributed by atoms with Crippen molar-refractivity contribution in [3.8, 4) is 11.5 Å². The Morgan fingerprint density at radius 2 is 1.64 bits per heavy atom. The lowest BCUT2D eigenvalue weighted by molar-refractivity contribution is 0.0734. The summed E-state index contributed by atoms with van der Waals surface area (Å²) in [5.41, 5.74) is 1.40. The Morgan fingerprint density at radius 1 is 0.939 bits per heavy atom. The number of aryl methyl sites for hydroxylation is 1. The Bertz CT molecular complexity index is 1010. The number of ether oxygens (including phenoxy) is 2. The molecule has 0 amide bonds. The summed E-state index contributed by atoms with van der Waals surface area (Å²) in [4.78, 5) is 22.5. The fourth-order valence-electron chi connectivity index (χ4n) is 3.17. The number of benzene rings is 2. The van der Waals surface area contributed by atoms with Crippen LogP contribution < -0.4 is 9.47 Å². The molecule has 174 valence electrons. The van der Waals surface area contributed by atoms with Crippen LogP contribution in [-0.2, 0) is 6.42 Å². The smallest absolute Gasteiger partial charge is 0.343 e. The van der Waals surface area contributed by atoms with Crippen LogP contribution >= 0.6 is 11.3 Å². The van der Waals surface area contributed by atoms with E-state index in [1.807, 2.05) is 18.3 Å². The lowest BCUT2D eigenvalue weighted by atomic mass is 10.2. The first-order valence-corrected chi connectivity index (χ1v) is 12.5. The van der Waals surface area contributed by atoms with Gasteiger partial charge in [-0.15, -0.1) is 0 Å². The van der Waals surface area contributed by atoms with E-state index in [0.717, 1.165) is 42.1 Å². The molecular weight excluding hydrogens is 432 g/mol. The molecule has 0 aliphatic rings. The van der Waals surface area contributed by atoms with Gasteiger partial charge in [0, 0.05) is 17.3 Å². The zero-order valence-corrected chi connectivity index (χ0v) is 20.3. The molecule has 0 spiro atoms. The molecule has 0 aliphatic carbocycles. The van der Waals surface area contributed by atoms with Crippen LogP contribution in [0.5, 0.6) is 11.5 Å². The standard InChI is InChI=1S/C27H32N2O3S/c1-3-5-7-9-25-20-29-27(33-25)28-19-21-10-14-24(15-11-21)32-26(30)22-12-16-23(17-13-22)31-18-8-6-4-2/h10-17,19-20H,3-9,18H2,1-2H3/b28-19+. The van der Waals surface area contributed by atoms with E-state index in [9.17, 15) is 4.79 Å². The Balaban J connectivity index is 1.48. The molecule has 0 aliphatic heterocycles. The number of unbranched alkanes of at least 4 members (excludes halogenated alkanes) is 4. The highest BCUT2D eigenvalue weighted by Gasteiger charge is 2.09. The molecular formula is C27H32N2O3S. The third-order valence-corrected chi connectivity index (χ3v) is 6.05. The van der Waals surface area contributed by atoms with Crippen LogP contribution in [0.3, 0.4) is 0 Å². The molecule has 1 aromatic heterocycles. The van der Waals surface area contributed by atoms with E-state index in [1.54, 1.807) is 53.9 Å². The Hall–Kier alpha value is -2.99. The molecule has 6 heteroatoms. The van der Waals surface area contributed by atoms with Gasteiger partial charge in [0.1, 0.15) is 11.5 Å². The second-order valence-corrected chi connectivity index (χ2v) is 8.96. The second-order valence-electron chi connectivity index (χ2n) is 7.86. The average Bonchev–Trinajstić information content (AvgIpc) is 3.30. The molecule has 5 nitrogen and oxygen atoms in total. The van der Waals surface area contributed by atoms with Crippen molar-refractivity contribution in [2.75, 3.05) is 6.61 Å². The van der Waals surface area contributed by atoms with Crippen molar-refractivity contribution in [1.29, 1.82) is 0 Å². The molecule has 0 N–H and O–H groups in total. The highest BCUT2D eigenvalue weighted by Crippen LogP contribution is 2.23. The lowest BCUT2D eigenvalue weighted by Crippen LogP contribution is -2.08. The molecule has 3 aromatic rings. The van der Waals surface area contributed by atoms with Crippen molar-refractivity contribution in [2.24, 2.45) is 4.99 Å². The molecule has 0 bridgehead atoms. The van der Waals surface area contributed by atoms with Gasteiger partial charge in [-0.25, -0.2) is 14.8 Å². The maximum absolute atomic E-state index is 12.4. The molecule has 0 atom stereocenters. The topological polar surface area (TPSA) is 60.8 Å². The molecule has 0 fully saturated rings. The molecule has 0 saturated heterocycles. The minimum absolute atomic E-state index is 0.396. The molecule has 33 heavy (non-hydrogen) atoms. The van der Waals surface area contributed by atoms with E-state index >= 15 is 0 Å². The normalized spacial score (nSPS) is 11.1. The summed E-state index contributed by atoms with van der Waals surface area (Å²) in [5.74, 6) is 0.858. The first-order valence-electron chi connectivity index (χ1n) is 11.7. The third-order valence-electron chi connectivity index (χ3n) is 5.09. The molecule has 0 radical (unpaired) electrons. The van der Waals surface area contributed by atoms with Crippen molar-refractivity contribution in [3.05, 3.63) is 70.7 Å². The van der Waals surface area contributed by atoms with Crippen LogP contribution in [0.25, 0.3) is 0 Å². The number of esters is 1. The second kappa shape index (κ2) is 13.5. The zero-order chi connectivity index (χ0) is 23.3. The average molecular weight is 465 g/mol. The minimum Gasteiger partial charge on any atom is -0.494 e. The number of nitrogens with zero attached hydrogens (tertiary/aromatic N) is 2. The van der Waals surface area contributed by atoms with Crippen molar-refractivity contribution >= 4 is 28.7 Å². The maximum Gasteiger partial charge on any atom is 0.343 e. The SMILES string of the molecule is CCCCCOc1ccc(C(=O)Oc2ccc(/C=N/c3ncc(CCCCC)s3)cc2)cc1.